The van der Waals surface area contributed by atoms with E-state index < -0.39 is 5.97 Å². The van der Waals surface area contributed by atoms with E-state index in [1.165, 1.54) is 14.0 Å². The van der Waals surface area contributed by atoms with Crippen molar-refractivity contribution in [2.24, 2.45) is 0 Å². The van der Waals surface area contributed by atoms with Crippen molar-refractivity contribution in [3.8, 4) is 0 Å². The SMILES string of the molecule is C=CCc1c(C(=O)OC)ccc(COC(C)=O)c1Br. The van der Waals surface area contributed by atoms with E-state index in [2.05, 4.69) is 22.5 Å². The lowest BCUT2D eigenvalue weighted by molar-refractivity contribution is -0.142. The largest absolute Gasteiger partial charge is 0.465 e. The molecule has 1 rings (SSSR count). The number of ether oxygens (including phenoxy) is 2. The zero-order valence-corrected chi connectivity index (χ0v) is 12.5. The second-order valence-corrected chi connectivity index (χ2v) is 4.62. The van der Waals surface area contributed by atoms with Crippen molar-refractivity contribution in [1.29, 1.82) is 0 Å². The molecule has 0 atom stereocenters. The molecule has 0 heterocycles. The fraction of sp³-hybridized carbons (Fsp3) is 0.286. The highest BCUT2D eigenvalue weighted by Crippen LogP contribution is 2.27. The minimum Gasteiger partial charge on any atom is -0.465 e. The molecule has 0 amide bonds. The van der Waals surface area contributed by atoms with E-state index in [1.54, 1.807) is 18.2 Å². The van der Waals surface area contributed by atoms with E-state index in [0.717, 1.165) is 15.6 Å². The Labute approximate surface area is 120 Å². The Kier molecular flexibility index (Phi) is 5.76. The first-order chi connectivity index (χ1) is 9.01. The molecule has 1 aromatic rings. The van der Waals surface area contributed by atoms with E-state index >= 15 is 0 Å². The van der Waals surface area contributed by atoms with Crippen LogP contribution in [-0.4, -0.2) is 19.0 Å². The van der Waals surface area contributed by atoms with Crippen molar-refractivity contribution in [2.75, 3.05) is 7.11 Å². The van der Waals surface area contributed by atoms with Crippen molar-refractivity contribution in [3.05, 3.63) is 46.0 Å². The number of esters is 2. The van der Waals surface area contributed by atoms with E-state index in [0.29, 0.717) is 12.0 Å². The zero-order valence-electron chi connectivity index (χ0n) is 10.9. The van der Waals surface area contributed by atoms with Gasteiger partial charge in [-0.15, -0.1) is 6.58 Å². The number of carbonyl (C=O) groups is 2. The summed E-state index contributed by atoms with van der Waals surface area (Å²) in [5.41, 5.74) is 2.03. The fourth-order valence-corrected chi connectivity index (χ4v) is 2.23. The number of allylic oxidation sites excluding steroid dienone is 1. The van der Waals surface area contributed by atoms with Gasteiger partial charge in [-0.25, -0.2) is 4.79 Å². The zero-order chi connectivity index (χ0) is 14.4. The average molecular weight is 327 g/mol. The standard InChI is InChI=1S/C14H15BrO4/c1-4-5-11-12(14(17)18-3)7-6-10(13(11)15)8-19-9(2)16/h4,6-7H,1,5,8H2,2-3H3. The van der Waals surface area contributed by atoms with Gasteiger partial charge in [-0.1, -0.05) is 28.1 Å². The normalized spacial score (nSPS) is 9.84. The first kappa shape index (κ1) is 15.4. The van der Waals surface area contributed by atoms with E-state index in [9.17, 15) is 9.59 Å². The summed E-state index contributed by atoms with van der Waals surface area (Å²) in [5.74, 6) is -0.759. The number of rotatable bonds is 5. The van der Waals surface area contributed by atoms with Gasteiger partial charge >= 0.3 is 11.9 Å². The maximum Gasteiger partial charge on any atom is 0.338 e. The van der Waals surface area contributed by atoms with Crippen LogP contribution in [-0.2, 0) is 27.3 Å². The highest BCUT2D eigenvalue weighted by molar-refractivity contribution is 9.10. The van der Waals surface area contributed by atoms with Crippen LogP contribution in [0.15, 0.2) is 29.3 Å². The van der Waals surface area contributed by atoms with Crippen molar-refractivity contribution in [1.82, 2.24) is 0 Å². The Hall–Kier alpha value is -1.62. The maximum absolute atomic E-state index is 11.7. The van der Waals surface area contributed by atoms with Crippen LogP contribution < -0.4 is 0 Å². The lowest BCUT2D eigenvalue weighted by atomic mass is 10.0. The Morgan fingerprint density at radius 3 is 2.63 bits per heavy atom. The van der Waals surface area contributed by atoms with Crippen LogP contribution in [0.5, 0.6) is 0 Å². The van der Waals surface area contributed by atoms with Crippen LogP contribution in [0, 0.1) is 0 Å². The number of methoxy groups -OCH3 is 1. The van der Waals surface area contributed by atoms with Crippen molar-refractivity contribution >= 4 is 27.9 Å². The third kappa shape index (κ3) is 3.92. The molecule has 0 radical (unpaired) electrons. The predicted octanol–water partition coefficient (Wildman–Crippen LogP) is 3.03. The van der Waals surface area contributed by atoms with Gasteiger partial charge in [0.05, 0.1) is 12.7 Å². The van der Waals surface area contributed by atoms with Gasteiger partial charge in [-0.05, 0) is 18.1 Å². The lowest BCUT2D eigenvalue weighted by Crippen LogP contribution is -2.08. The summed E-state index contributed by atoms with van der Waals surface area (Å²) in [6.07, 6.45) is 2.21. The average Bonchev–Trinajstić information content (AvgIpc) is 2.38. The smallest absolute Gasteiger partial charge is 0.338 e. The van der Waals surface area contributed by atoms with Crippen LogP contribution >= 0.6 is 15.9 Å². The molecule has 0 fully saturated rings. The van der Waals surface area contributed by atoms with Gasteiger partial charge in [0.15, 0.2) is 0 Å². The van der Waals surface area contributed by atoms with E-state index in [-0.39, 0.29) is 12.6 Å². The molecule has 0 aliphatic rings. The molecule has 0 aromatic heterocycles. The van der Waals surface area contributed by atoms with E-state index in [4.69, 9.17) is 9.47 Å². The molecular weight excluding hydrogens is 312 g/mol. The molecule has 5 heteroatoms. The lowest BCUT2D eigenvalue weighted by Gasteiger charge is -2.13. The first-order valence-electron chi connectivity index (χ1n) is 5.64. The molecule has 0 saturated heterocycles. The molecule has 0 spiro atoms. The molecule has 0 saturated carbocycles. The second kappa shape index (κ2) is 7.09. The number of hydrogen-bond donors (Lipinski definition) is 0. The molecule has 0 bridgehead atoms. The van der Waals surface area contributed by atoms with Gasteiger partial charge in [-0.3, -0.25) is 4.79 Å². The van der Waals surface area contributed by atoms with Gasteiger partial charge in [0.2, 0.25) is 0 Å². The molecule has 4 nitrogen and oxygen atoms in total. The first-order valence-corrected chi connectivity index (χ1v) is 6.43. The summed E-state index contributed by atoms with van der Waals surface area (Å²) in [4.78, 5) is 22.5. The Balaban J connectivity index is 3.18. The van der Waals surface area contributed by atoms with Gasteiger partial charge in [0.1, 0.15) is 6.61 Å². The second-order valence-electron chi connectivity index (χ2n) is 3.83. The summed E-state index contributed by atoms with van der Waals surface area (Å²) < 4.78 is 10.4. The van der Waals surface area contributed by atoms with Crippen LogP contribution in [0.4, 0.5) is 0 Å². The third-order valence-corrected chi connectivity index (χ3v) is 3.50. The molecule has 102 valence electrons. The van der Waals surface area contributed by atoms with Gasteiger partial charge in [0.25, 0.3) is 0 Å². The van der Waals surface area contributed by atoms with Crippen molar-refractivity contribution in [3.63, 3.8) is 0 Å². The Bertz CT molecular complexity index is 508. The maximum atomic E-state index is 11.7. The monoisotopic (exact) mass is 326 g/mol. The van der Waals surface area contributed by atoms with E-state index in [1.807, 2.05) is 0 Å². The summed E-state index contributed by atoms with van der Waals surface area (Å²) >= 11 is 3.43. The highest BCUT2D eigenvalue weighted by Gasteiger charge is 2.16. The molecule has 0 aliphatic heterocycles. The minimum absolute atomic E-state index is 0.154. The highest BCUT2D eigenvalue weighted by atomic mass is 79.9. The topological polar surface area (TPSA) is 52.6 Å². The summed E-state index contributed by atoms with van der Waals surface area (Å²) in [5, 5.41) is 0. The fourth-order valence-electron chi connectivity index (χ4n) is 1.61. The van der Waals surface area contributed by atoms with Crippen LogP contribution in [0.3, 0.4) is 0 Å². The molecular formula is C14H15BrO4. The van der Waals surface area contributed by atoms with Gasteiger partial charge in [0, 0.05) is 17.0 Å². The quantitative estimate of drug-likeness (QED) is 0.616. The summed E-state index contributed by atoms with van der Waals surface area (Å²) in [6, 6.07) is 3.39. The van der Waals surface area contributed by atoms with Gasteiger partial charge < -0.3 is 9.47 Å². The molecule has 19 heavy (non-hydrogen) atoms. The number of halogens is 1. The molecule has 0 aliphatic carbocycles. The van der Waals surface area contributed by atoms with Crippen LogP contribution in [0.25, 0.3) is 0 Å². The molecule has 0 unspecified atom stereocenters. The molecule has 1 aromatic carbocycles. The van der Waals surface area contributed by atoms with Crippen LogP contribution in [0.1, 0.15) is 28.4 Å². The number of carbonyl (C=O) groups excluding carboxylic acids is 2. The predicted molar refractivity (Wildman–Crippen MR) is 74.9 cm³/mol. The Morgan fingerprint density at radius 2 is 2.11 bits per heavy atom. The number of hydrogen-bond acceptors (Lipinski definition) is 4. The molecule has 0 N–H and O–H groups in total. The number of benzene rings is 1. The third-order valence-electron chi connectivity index (χ3n) is 2.51. The summed E-state index contributed by atoms with van der Waals surface area (Å²) in [6.45, 7) is 5.17. The van der Waals surface area contributed by atoms with Crippen molar-refractivity contribution in [2.45, 2.75) is 20.0 Å². The minimum atomic E-state index is -0.406. The van der Waals surface area contributed by atoms with Crippen LogP contribution in [0.2, 0.25) is 0 Å². The van der Waals surface area contributed by atoms with Crippen molar-refractivity contribution < 1.29 is 19.1 Å². The Morgan fingerprint density at radius 1 is 1.42 bits per heavy atom. The summed E-state index contributed by atoms with van der Waals surface area (Å²) in [7, 11) is 1.33. The van der Waals surface area contributed by atoms with Gasteiger partial charge in [-0.2, -0.15) is 0 Å².